The van der Waals surface area contributed by atoms with Gasteiger partial charge in [0.1, 0.15) is 11.9 Å². The number of ether oxygens (including phenoxy) is 1. The van der Waals surface area contributed by atoms with Crippen molar-refractivity contribution in [3.05, 3.63) is 36.5 Å². The van der Waals surface area contributed by atoms with Crippen LogP contribution in [0.4, 0.5) is 0 Å². The average molecular weight is 228 g/mol. The highest BCUT2D eigenvalue weighted by Gasteiger charge is 2.25. The van der Waals surface area contributed by atoms with Crippen LogP contribution in [0.5, 0.6) is 5.75 Å². The Kier molecular flexibility index (Phi) is 2.69. The maximum atomic E-state index is 6.04. The number of hydrogen-bond acceptors (Lipinski definition) is 3. The highest BCUT2D eigenvalue weighted by Crippen LogP contribution is 2.28. The van der Waals surface area contributed by atoms with Crippen molar-refractivity contribution in [2.24, 2.45) is 5.73 Å². The van der Waals surface area contributed by atoms with Crippen molar-refractivity contribution in [1.29, 1.82) is 0 Å². The summed E-state index contributed by atoms with van der Waals surface area (Å²) < 4.78 is 6.04. The molecule has 1 aromatic carbocycles. The molecule has 1 aliphatic carbocycles. The summed E-state index contributed by atoms with van der Waals surface area (Å²) in [6, 6.07) is 10.1. The van der Waals surface area contributed by atoms with Gasteiger partial charge in [-0.2, -0.15) is 0 Å². The standard InChI is InChI=1S/C14H16N2O/c15-11-5-3-7-14(11)17-13-8-9-16-12-6-2-1-4-10(12)13/h1-2,4,6,8-9,11,14H,3,5,7,15H2. The predicted octanol–water partition coefficient (Wildman–Crippen LogP) is 2.49. The Balaban J connectivity index is 1.94. The quantitative estimate of drug-likeness (QED) is 0.859. The van der Waals surface area contributed by atoms with Gasteiger partial charge in [-0.3, -0.25) is 4.98 Å². The van der Waals surface area contributed by atoms with Gasteiger partial charge in [0.15, 0.2) is 0 Å². The van der Waals surface area contributed by atoms with Gasteiger partial charge in [-0.05, 0) is 37.5 Å². The van der Waals surface area contributed by atoms with E-state index in [-0.39, 0.29) is 12.1 Å². The molecule has 0 aliphatic heterocycles. The first-order valence-electron chi connectivity index (χ1n) is 6.10. The smallest absolute Gasteiger partial charge is 0.130 e. The van der Waals surface area contributed by atoms with Gasteiger partial charge in [0.2, 0.25) is 0 Å². The molecule has 1 heterocycles. The Bertz CT molecular complexity index is 521. The SMILES string of the molecule is NC1CCCC1Oc1ccnc2ccccc12. The zero-order chi connectivity index (χ0) is 11.7. The summed E-state index contributed by atoms with van der Waals surface area (Å²) >= 11 is 0. The number of pyridine rings is 1. The minimum atomic E-state index is 0.154. The zero-order valence-electron chi connectivity index (χ0n) is 9.67. The van der Waals surface area contributed by atoms with E-state index in [0.717, 1.165) is 35.9 Å². The van der Waals surface area contributed by atoms with E-state index in [1.54, 1.807) is 6.20 Å². The van der Waals surface area contributed by atoms with Crippen LogP contribution in [0.3, 0.4) is 0 Å². The lowest BCUT2D eigenvalue weighted by molar-refractivity contribution is 0.194. The molecule has 0 radical (unpaired) electrons. The molecule has 0 spiro atoms. The van der Waals surface area contributed by atoms with Crippen LogP contribution in [0.25, 0.3) is 10.9 Å². The lowest BCUT2D eigenvalue weighted by Gasteiger charge is -2.18. The molecule has 0 saturated heterocycles. The molecule has 1 fully saturated rings. The molecule has 17 heavy (non-hydrogen) atoms. The van der Waals surface area contributed by atoms with Gasteiger partial charge < -0.3 is 10.5 Å². The summed E-state index contributed by atoms with van der Waals surface area (Å²) in [5, 5.41) is 1.06. The van der Waals surface area contributed by atoms with Crippen molar-refractivity contribution >= 4 is 10.9 Å². The number of para-hydroxylation sites is 1. The van der Waals surface area contributed by atoms with Gasteiger partial charge in [0.05, 0.1) is 5.52 Å². The molecule has 2 atom stereocenters. The number of fused-ring (bicyclic) bond motifs is 1. The van der Waals surface area contributed by atoms with Crippen molar-refractivity contribution in [3.63, 3.8) is 0 Å². The number of benzene rings is 1. The molecule has 3 heteroatoms. The Hall–Kier alpha value is -1.61. The van der Waals surface area contributed by atoms with E-state index in [9.17, 15) is 0 Å². The molecule has 1 saturated carbocycles. The molecule has 1 aromatic heterocycles. The van der Waals surface area contributed by atoms with E-state index in [2.05, 4.69) is 4.98 Å². The zero-order valence-corrected chi connectivity index (χ0v) is 9.67. The van der Waals surface area contributed by atoms with Crippen LogP contribution >= 0.6 is 0 Å². The van der Waals surface area contributed by atoms with Gasteiger partial charge in [-0.1, -0.05) is 12.1 Å². The summed E-state index contributed by atoms with van der Waals surface area (Å²) in [5.41, 5.74) is 7.00. The summed E-state index contributed by atoms with van der Waals surface area (Å²) in [5.74, 6) is 0.901. The van der Waals surface area contributed by atoms with Gasteiger partial charge in [0, 0.05) is 17.6 Å². The highest BCUT2D eigenvalue weighted by molar-refractivity contribution is 5.84. The topological polar surface area (TPSA) is 48.1 Å². The fourth-order valence-electron chi connectivity index (χ4n) is 2.44. The van der Waals surface area contributed by atoms with Gasteiger partial charge >= 0.3 is 0 Å². The van der Waals surface area contributed by atoms with Crippen LogP contribution in [0.15, 0.2) is 36.5 Å². The van der Waals surface area contributed by atoms with E-state index >= 15 is 0 Å². The summed E-state index contributed by atoms with van der Waals surface area (Å²) in [4.78, 5) is 4.32. The highest BCUT2D eigenvalue weighted by atomic mass is 16.5. The van der Waals surface area contributed by atoms with Crippen LogP contribution in [0.2, 0.25) is 0 Å². The number of aromatic nitrogens is 1. The molecule has 0 amide bonds. The van der Waals surface area contributed by atoms with Crippen LogP contribution in [0, 0.1) is 0 Å². The lowest BCUT2D eigenvalue weighted by Crippen LogP contribution is -2.33. The lowest BCUT2D eigenvalue weighted by atomic mass is 10.2. The average Bonchev–Trinajstić information content (AvgIpc) is 2.76. The first kappa shape index (κ1) is 10.5. The largest absolute Gasteiger partial charge is 0.488 e. The summed E-state index contributed by atoms with van der Waals surface area (Å²) in [7, 11) is 0. The number of nitrogens with zero attached hydrogens (tertiary/aromatic N) is 1. The van der Waals surface area contributed by atoms with Crippen LogP contribution in [0.1, 0.15) is 19.3 Å². The maximum Gasteiger partial charge on any atom is 0.130 e. The summed E-state index contributed by atoms with van der Waals surface area (Å²) in [6.45, 7) is 0. The fourth-order valence-corrected chi connectivity index (χ4v) is 2.44. The molecule has 2 N–H and O–H groups in total. The predicted molar refractivity (Wildman–Crippen MR) is 68.0 cm³/mol. The van der Waals surface area contributed by atoms with Gasteiger partial charge in [0.25, 0.3) is 0 Å². The molecule has 2 unspecified atom stereocenters. The second-order valence-electron chi connectivity index (χ2n) is 4.58. The summed E-state index contributed by atoms with van der Waals surface area (Å²) in [6.07, 6.45) is 5.22. The third-order valence-electron chi connectivity index (χ3n) is 3.39. The minimum Gasteiger partial charge on any atom is -0.488 e. The molecule has 0 bridgehead atoms. The molecule has 1 aliphatic rings. The molecular formula is C14H16N2O. The second kappa shape index (κ2) is 4.34. The molecular weight excluding hydrogens is 212 g/mol. The van der Waals surface area contributed by atoms with E-state index in [1.807, 2.05) is 30.3 Å². The molecule has 88 valence electrons. The van der Waals surface area contributed by atoms with E-state index in [0.29, 0.717) is 0 Å². The normalized spacial score (nSPS) is 24.1. The van der Waals surface area contributed by atoms with E-state index in [1.165, 1.54) is 0 Å². The monoisotopic (exact) mass is 228 g/mol. The Labute approximate surface area is 101 Å². The van der Waals surface area contributed by atoms with Crippen molar-refractivity contribution in [1.82, 2.24) is 4.98 Å². The minimum absolute atomic E-state index is 0.154. The van der Waals surface area contributed by atoms with Crippen LogP contribution in [-0.4, -0.2) is 17.1 Å². The second-order valence-corrected chi connectivity index (χ2v) is 4.58. The first-order chi connectivity index (χ1) is 8.34. The van der Waals surface area contributed by atoms with Gasteiger partial charge in [-0.15, -0.1) is 0 Å². The van der Waals surface area contributed by atoms with Crippen LogP contribution < -0.4 is 10.5 Å². The molecule has 2 aromatic rings. The molecule has 3 nitrogen and oxygen atoms in total. The Morgan fingerprint density at radius 3 is 2.88 bits per heavy atom. The van der Waals surface area contributed by atoms with Gasteiger partial charge in [-0.25, -0.2) is 0 Å². The van der Waals surface area contributed by atoms with Crippen LogP contribution in [-0.2, 0) is 0 Å². The Morgan fingerprint density at radius 1 is 1.18 bits per heavy atom. The number of rotatable bonds is 2. The van der Waals surface area contributed by atoms with E-state index < -0.39 is 0 Å². The van der Waals surface area contributed by atoms with E-state index in [4.69, 9.17) is 10.5 Å². The Morgan fingerprint density at radius 2 is 2.06 bits per heavy atom. The van der Waals surface area contributed by atoms with Crippen molar-refractivity contribution in [3.8, 4) is 5.75 Å². The molecule has 3 rings (SSSR count). The number of hydrogen-bond donors (Lipinski definition) is 1. The van der Waals surface area contributed by atoms with Crippen molar-refractivity contribution in [2.45, 2.75) is 31.4 Å². The third kappa shape index (κ3) is 1.98. The third-order valence-corrected chi connectivity index (χ3v) is 3.39. The number of nitrogens with two attached hydrogens (primary N) is 1. The first-order valence-corrected chi connectivity index (χ1v) is 6.10. The van der Waals surface area contributed by atoms with Crippen molar-refractivity contribution < 1.29 is 4.74 Å². The maximum absolute atomic E-state index is 6.04. The fraction of sp³-hybridized carbons (Fsp3) is 0.357. The van der Waals surface area contributed by atoms with Crippen molar-refractivity contribution in [2.75, 3.05) is 0 Å².